The minimum absolute atomic E-state index is 0.00172. The topological polar surface area (TPSA) is 52.6 Å². The predicted molar refractivity (Wildman–Crippen MR) is 103 cm³/mol. The zero-order valence-electron chi connectivity index (χ0n) is 15.3. The Morgan fingerprint density at radius 2 is 1.57 bits per heavy atom. The second kappa shape index (κ2) is 8.95. The van der Waals surface area contributed by atoms with Crippen molar-refractivity contribution in [3.63, 3.8) is 0 Å². The van der Waals surface area contributed by atoms with Crippen molar-refractivity contribution in [1.82, 2.24) is 0 Å². The highest BCUT2D eigenvalue weighted by molar-refractivity contribution is 5.86. The van der Waals surface area contributed by atoms with Crippen LogP contribution in [0.15, 0.2) is 78.9 Å². The van der Waals surface area contributed by atoms with Gasteiger partial charge in [-0.15, -0.1) is 0 Å². The van der Waals surface area contributed by atoms with Crippen LogP contribution in [-0.4, -0.2) is 12.1 Å². The molecule has 4 nitrogen and oxygen atoms in total. The maximum Gasteiger partial charge on any atom is 0.516 e. The molecule has 0 saturated carbocycles. The summed E-state index contributed by atoms with van der Waals surface area (Å²) >= 11 is 0. The van der Waals surface area contributed by atoms with Crippen LogP contribution in [-0.2, 0) is 20.9 Å². The van der Waals surface area contributed by atoms with Crippen molar-refractivity contribution in [2.24, 2.45) is 0 Å². The van der Waals surface area contributed by atoms with Crippen molar-refractivity contribution in [2.45, 2.75) is 19.4 Å². The summed E-state index contributed by atoms with van der Waals surface area (Å²) in [4.78, 5) is 23.9. The number of carbonyl (C=O) groups is 2. The lowest BCUT2D eigenvalue weighted by molar-refractivity contribution is -0.141. The quantitative estimate of drug-likeness (QED) is 0.436. The van der Waals surface area contributed by atoms with Crippen LogP contribution in [0.3, 0.4) is 0 Å². The molecule has 0 radical (unpaired) electrons. The summed E-state index contributed by atoms with van der Waals surface area (Å²) in [6.07, 6.45) is -1.08. The molecule has 0 aliphatic heterocycles. The molecule has 5 heteroatoms. The van der Waals surface area contributed by atoms with Crippen molar-refractivity contribution in [1.29, 1.82) is 0 Å². The molecule has 0 aliphatic carbocycles. The van der Waals surface area contributed by atoms with Gasteiger partial charge in [-0.05, 0) is 29.7 Å². The summed E-state index contributed by atoms with van der Waals surface area (Å²) in [5.41, 5.74) is 2.37. The first-order chi connectivity index (χ1) is 13.5. The third-order valence-electron chi connectivity index (χ3n) is 4.31. The Bertz CT molecular complexity index is 955. The van der Waals surface area contributed by atoms with E-state index in [2.05, 4.69) is 0 Å². The molecular weight excluding hydrogens is 359 g/mol. The van der Waals surface area contributed by atoms with Gasteiger partial charge in [0.05, 0.1) is 5.92 Å². The SMILES string of the molecule is CC(C(=O)OC(=O)OCc1ccccc1)c1ccc(-c2ccccc2)c(F)c1. The van der Waals surface area contributed by atoms with E-state index >= 15 is 0 Å². The zero-order valence-corrected chi connectivity index (χ0v) is 15.3. The fourth-order valence-electron chi connectivity index (χ4n) is 2.71. The van der Waals surface area contributed by atoms with Crippen molar-refractivity contribution >= 4 is 12.1 Å². The molecule has 142 valence electrons. The molecule has 3 rings (SSSR count). The third-order valence-corrected chi connectivity index (χ3v) is 4.31. The fraction of sp³-hybridized carbons (Fsp3) is 0.130. The Morgan fingerprint density at radius 1 is 0.929 bits per heavy atom. The molecular formula is C23H19FO4. The number of rotatable bonds is 5. The van der Waals surface area contributed by atoms with Crippen LogP contribution in [0.4, 0.5) is 9.18 Å². The smallest absolute Gasteiger partial charge is 0.429 e. The van der Waals surface area contributed by atoms with Crippen molar-refractivity contribution in [2.75, 3.05) is 0 Å². The largest absolute Gasteiger partial charge is 0.516 e. The third kappa shape index (κ3) is 4.82. The first-order valence-corrected chi connectivity index (χ1v) is 8.82. The van der Waals surface area contributed by atoms with E-state index in [0.29, 0.717) is 11.1 Å². The van der Waals surface area contributed by atoms with Gasteiger partial charge in [-0.3, -0.25) is 4.79 Å². The lowest BCUT2D eigenvalue weighted by atomic mass is 9.97. The molecule has 0 spiro atoms. The highest BCUT2D eigenvalue weighted by atomic mass is 19.1. The van der Waals surface area contributed by atoms with Crippen LogP contribution in [0, 0.1) is 5.82 Å². The summed E-state index contributed by atoms with van der Waals surface area (Å²) in [6.45, 7) is 1.55. The lowest BCUT2D eigenvalue weighted by Crippen LogP contribution is -2.19. The maximum absolute atomic E-state index is 14.5. The van der Waals surface area contributed by atoms with E-state index in [-0.39, 0.29) is 6.61 Å². The number of ether oxygens (including phenoxy) is 2. The average molecular weight is 378 g/mol. The van der Waals surface area contributed by atoms with Gasteiger partial charge >= 0.3 is 12.1 Å². The number of halogens is 1. The van der Waals surface area contributed by atoms with Gasteiger partial charge in [-0.2, -0.15) is 0 Å². The number of benzene rings is 3. The van der Waals surface area contributed by atoms with Crippen LogP contribution < -0.4 is 0 Å². The molecule has 3 aromatic rings. The summed E-state index contributed by atoms with van der Waals surface area (Å²) in [5.74, 6) is -2.07. The van der Waals surface area contributed by atoms with Crippen LogP contribution in [0.25, 0.3) is 11.1 Å². The first-order valence-electron chi connectivity index (χ1n) is 8.82. The maximum atomic E-state index is 14.5. The number of hydrogen-bond acceptors (Lipinski definition) is 4. The molecule has 0 saturated heterocycles. The molecule has 0 fully saturated rings. The molecule has 0 N–H and O–H groups in total. The summed E-state index contributed by atoms with van der Waals surface area (Å²) < 4.78 is 24.1. The van der Waals surface area contributed by atoms with Gasteiger partial charge in [0.25, 0.3) is 0 Å². The zero-order chi connectivity index (χ0) is 19.9. The highest BCUT2D eigenvalue weighted by Gasteiger charge is 2.22. The van der Waals surface area contributed by atoms with Gasteiger partial charge in [0.15, 0.2) is 0 Å². The van der Waals surface area contributed by atoms with Crippen LogP contribution in [0.1, 0.15) is 24.0 Å². The van der Waals surface area contributed by atoms with E-state index in [4.69, 9.17) is 9.47 Å². The minimum atomic E-state index is -1.08. The monoisotopic (exact) mass is 378 g/mol. The molecule has 0 aliphatic rings. The highest BCUT2D eigenvalue weighted by Crippen LogP contribution is 2.26. The average Bonchev–Trinajstić information content (AvgIpc) is 2.73. The van der Waals surface area contributed by atoms with E-state index in [9.17, 15) is 14.0 Å². The number of carbonyl (C=O) groups excluding carboxylic acids is 2. The summed E-state index contributed by atoms with van der Waals surface area (Å²) in [5, 5.41) is 0. The van der Waals surface area contributed by atoms with Crippen LogP contribution in [0.2, 0.25) is 0 Å². The predicted octanol–water partition coefficient (Wildman–Crippen LogP) is 5.48. The van der Waals surface area contributed by atoms with Gasteiger partial charge in [0.2, 0.25) is 0 Å². The van der Waals surface area contributed by atoms with E-state index in [0.717, 1.165) is 11.1 Å². The Hall–Kier alpha value is -3.47. The molecule has 0 heterocycles. The molecule has 0 bridgehead atoms. The van der Waals surface area contributed by atoms with Gasteiger partial charge in [0.1, 0.15) is 12.4 Å². The Labute approximate surface area is 162 Å². The van der Waals surface area contributed by atoms with E-state index in [1.54, 1.807) is 43.3 Å². The van der Waals surface area contributed by atoms with Gasteiger partial charge in [-0.25, -0.2) is 9.18 Å². The molecule has 1 unspecified atom stereocenters. The normalized spacial score (nSPS) is 11.5. The lowest BCUT2D eigenvalue weighted by Gasteiger charge is -2.12. The Balaban J connectivity index is 1.61. The summed E-state index contributed by atoms with van der Waals surface area (Å²) in [6, 6.07) is 22.7. The van der Waals surface area contributed by atoms with Crippen LogP contribution >= 0.6 is 0 Å². The second-order valence-electron chi connectivity index (χ2n) is 6.27. The standard InChI is InChI=1S/C23H19FO4/c1-16(22(25)28-23(26)27-15-17-8-4-2-5-9-17)19-12-13-20(21(24)14-19)18-10-6-3-7-11-18/h2-14,16H,15H2,1H3. The summed E-state index contributed by atoms with van der Waals surface area (Å²) in [7, 11) is 0. The van der Waals surface area contributed by atoms with E-state index in [1.165, 1.54) is 6.07 Å². The minimum Gasteiger partial charge on any atom is -0.429 e. The molecule has 1 atom stereocenters. The van der Waals surface area contributed by atoms with Crippen LogP contribution in [0.5, 0.6) is 0 Å². The first kappa shape index (κ1) is 19.3. The van der Waals surface area contributed by atoms with E-state index in [1.807, 2.05) is 36.4 Å². The number of esters is 1. The molecule has 0 amide bonds. The molecule has 28 heavy (non-hydrogen) atoms. The van der Waals surface area contributed by atoms with Gasteiger partial charge < -0.3 is 9.47 Å². The molecule has 0 aromatic heterocycles. The van der Waals surface area contributed by atoms with Crippen molar-refractivity contribution in [3.8, 4) is 11.1 Å². The molecule has 3 aromatic carbocycles. The Kier molecular flexibility index (Phi) is 6.17. The van der Waals surface area contributed by atoms with Gasteiger partial charge in [-0.1, -0.05) is 72.8 Å². The number of hydrogen-bond donors (Lipinski definition) is 0. The van der Waals surface area contributed by atoms with Gasteiger partial charge in [0, 0.05) is 5.56 Å². The van der Waals surface area contributed by atoms with Crippen molar-refractivity contribution < 1.29 is 23.5 Å². The van der Waals surface area contributed by atoms with Crippen molar-refractivity contribution in [3.05, 3.63) is 95.8 Å². The fourth-order valence-corrected chi connectivity index (χ4v) is 2.71. The Morgan fingerprint density at radius 3 is 2.21 bits per heavy atom. The second-order valence-corrected chi connectivity index (χ2v) is 6.27. The van der Waals surface area contributed by atoms with E-state index < -0.39 is 23.9 Å².